The number of hydrogen-bond acceptors (Lipinski definition) is 7. The number of carboxylic acid groups (broad SMARTS) is 1. The molecule has 3 rings (SSSR count). The van der Waals surface area contributed by atoms with E-state index in [9.17, 15) is 22.8 Å². The molecule has 12 heteroatoms. The van der Waals surface area contributed by atoms with E-state index in [2.05, 4.69) is 15.1 Å². The second-order valence-electron chi connectivity index (χ2n) is 8.02. The van der Waals surface area contributed by atoms with E-state index in [1.54, 1.807) is 17.8 Å². The van der Waals surface area contributed by atoms with Crippen LogP contribution in [0.15, 0.2) is 53.6 Å². The number of fused-ring (bicyclic) bond motifs is 1. The summed E-state index contributed by atoms with van der Waals surface area (Å²) in [5.74, 6) is -1.78. The zero-order valence-electron chi connectivity index (χ0n) is 19.3. The molecular formula is C23H26N4O7S. The van der Waals surface area contributed by atoms with Crippen molar-refractivity contribution in [3.05, 3.63) is 48.7 Å². The van der Waals surface area contributed by atoms with Gasteiger partial charge in [-0.1, -0.05) is 18.2 Å². The smallest absolute Gasteiger partial charge is 0.305 e. The van der Waals surface area contributed by atoms with Crippen LogP contribution in [0.4, 0.5) is 5.69 Å². The maximum atomic E-state index is 13.0. The van der Waals surface area contributed by atoms with Crippen LogP contribution in [0.1, 0.15) is 33.2 Å². The molecule has 2 aromatic carbocycles. The summed E-state index contributed by atoms with van der Waals surface area (Å²) in [6.07, 6.45) is 0.632. The average Bonchev–Trinajstić information content (AvgIpc) is 3.21. The number of carbonyl (C=O) groups excluding carboxylic acids is 2. The van der Waals surface area contributed by atoms with Crippen LogP contribution in [0.25, 0.3) is 10.9 Å². The summed E-state index contributed by atoms with van der Waals surface area (Å²) in [7, 11) is -4.36. The number of benzene rings is 2. The number of amides is 1. The van der Waals surface area contributed by atoms with Gasteiger partial charge >= 0.3 is 5.97 Å². The minimum atomic E-state index is -4.36. The Morgan fingerprint density at radius 1 is 1.20 bits per heavy atom. The first kappa shape index (κ1) is 25.8. The first-order valence-corrected chi connectivity index (χ1v) is 12.2. The van der Waals surface area contributed by atoms with Crippen LogP contribution < -0.4 is 14.8 Å². The molecule has 0 saturated heterocycles. The van der Waals surface area contributed by atoms with Crippen LogP contribution >= 0.6 is 0 Å². The highest BCUT2D eigenvalue weighted by molar-refractivity contribution is 7.89. The van der Waals surface area contributed by atoms with Gasteiger partial charge in [-0.3, -0.25) is 14.3 Å². The summed E-state index contributed by atoms with van der Waals surface area (Å²) in [6, 6.07) is 9.75. The molecule has 0 aliphatic rings. The number of rotatable bonds is 11. The Hall–Kier alpha value is -3.77. The Labute approximate surface area is 202 Å². The molecule has 1 amide bonds. The number of carbonyl (C=O) groups is 3. The molecular weight excluding hydrogens is 476 g/mol. The van der Waals surface area contributed by atoms with Crippen molar-refractivity contribution in [2.45, 2.75) is 50.3 Å². The average molecular weight is 503 g/mol. The van der Waals surface area contributed by atoms with Gasteiger partial charge in [0.2, 0.25) is 15.9 Å². The molecule has 0 saturated carbocycles. The molecule has 3 N–H and O–H groups in total. The van der Waals surface area contributed by atoms with E-state index in [1.807, 2.05) is 31.2 Å². The number of hydrogen-bond donors (Lipinski definition) is 3. The van der Waals surface area contributed by atoms with E-state index in [4.69, 9.17) is 9.84 Å². The predicted octanol–water partition coefficient (Wildman–Crippen LogP) is 2.34. The Balaban J connectivity index is 1.95. The van der Waals surface area contributed by atoms with Crippen LogP contribution in [-0.4, -0.2) is 53.6 Å². The molecule has 186 valence electrons. The number of carboxylic acids is 1. The second-order valence-corrected chi connectivity index (χ2v) is 9.70. The molecule has 1 aromatic heterocycles. The lowest BCUT2D eigenvalue weighted by molar-refractivity contribution is -0.138. The van der Waals surface area contributed by atoms with Crippen molar-refractivity contribution >= 4 is 44.8 Å². The van der Waals surface area contributed by atoms with Gasteiger partial charge in [-0.2, -0.15) is 5.10 Å². The third-order valence-corrected chi connectivity index (χ3v) is 6.83. The summed E-state index contributed by atoms with van der Waals surface area (Å²) in [5, 5.41) is 16.9. The van der Waals surface area contributed by atoms with E-state index >= 15 is 0 Å². The van der Waals surface area contributed by atoms with Crippen molar-refractivity contribution in [1.29, 1.82) is 0 Å². The van der Waals surface area contributed by atoms with Crippen molar-refractivity contribution in [1.82, 2.24) is 14.5 Å². The number of sulfonamides is 1. The number of para-hydroxylation sites is 1. The fourth-order valence-electron chi connectivity index (χ4n) is 3.49. The molecule has 0 bridgehead atoms. The third-order valence-electron chi connectivity index (χ3n) is 5.30. The Morgan fingerprint density at radius 3 is 2.57 bits per heavy atom. The zero-order valence-corrected chi connectivity index (χ0v) is 20.2. The highest BCUT2D eigenvalue weighted by Crippen LogP contribution is 2.31. The van der Waals surface area contributed by atoms with Gasteiger partial charge in [-0.15, -0.1) is 0 Å². The highest BCUT2D eigenvalue weighted by atomic mass is 32.2. The van der Waals surface area contributed by atoms with Crippen LogP contribution in [-0.2, 0) is 24.4 Å². The first-order chi connectivity index (χ1) is 16.5. The monoisotopic (exact) mass is 502 g/mol. The first-order valence-electron chi connectivity index (χ1n) is 10.7. The summed E-state index contributed by atoms with van der Waals surface area (Å²) < 4.78 is 36.0. The Kier molecular flexibility index (Phi) is 7.87. The van der Waals surface area contributed by atoms with E-state index in [-0.39, 0.29) is 28.9 Å². The number of nitrogens with one attached hydrogen (secondary N) is 2. The maximum Gasteiger partial charge on any atom is 0.305 e. The lowest BCUT2D eigenvalue weighted by Crippen LogP contribution is -2.38. The van der Waals surface area contributed by atoms with Crippen molar-refractivity contribution in [3.8, 4) is 5.75 Å². The van der Waals surface area contributed by atoms with Crippen LogP contribution in [0.3, 0.4) is 0 Å². The van der Waals surface area contributed by atoms with Crippen molar-refractivity contribution < 1.29 is 32.6 Å². The summed E-state index contributed by atoms with van der Waals surface area (Å²) in [5.41, 5.74) is 1.17. The third kappa shape index (κ3) is 6.22. The minimum Gasteiger partial charge on any atom is -0.487 e. The van der Waals surface area contributed by atoms with Gasteiger partial charge in [0.1, 0.15) is 23.0 Å². The number of nitrogens with zero attached hydrogens (tertiary/aromatic N) is 2. The summed E-state index contributed by atoms with van der Waals surface area (Å²) in [4.78, 5) is 33.4. The SMILES string of the molecule is CC(=O)Nc1ccc(S(=O)(=O)N[C@H](C=O)CC(=O)O)c(O[C@H](C)[C@H](C)n2ncc3ccccc32)c1. The van der Waals surface area contributed by atoms with Crippen LogP contribution in [0.5, 0.6) is 5.75 Å². The molecule has 3 atom stereocenters. The predicted molar refractivity (Wildman–Crippen MR) is 128 cm³/mol. The zero-order chi connectivity index (χ0) is 25.8. The van der Waals surface area contributed by atoms with Gasteiger partial charge in [0.15, 0.2) is 0 Å². The Bertz CT molecular complexity index is 1350. The largest absolute Gasteiger partial charge is 0.487 e. The standard InChI is InChI=1S/C23H26N4O7S/c1-14(27-20-7-5-4-6-17(20)12-24-27)15(2)34-21-10-18(25-16(3)29)8-9-22(21)35(32,33)26-19(13-28)11-23(30)31/h4-10,12-15,19,26H,11H2,1-3H3,(H,25,29)(H,30,31)/t14-,15+,19-/m0/s1. The maximum absolute atomic E-state index is 13.0. The van der Waals surface area contributed by atoms with Gasteiger partial charge in [0.05, 0.1) is 30.2 Å². The van der Waals surface area contributed by atoms with Gasteiger partial charge in [-0.05, 0) is 32.0 Å². The van der Waals surface area contributed by atoms with E-state index < -0.39 is 34.6 Å². The highest BCUT2D eigenvalue weighted by Gasteiger charge is 2.27. The number of ether oxygens (including phenoxy) is 1. The van der Waals surface area contributed by atoms with Crippen molar-refractivity contribution in [2.24, 2.45) is 0 Å². The van der Waals surface area contributed by atoms with Crippen LogP contribution in [0, 0.1) is 0 Å². The molecule has 1 heterocycles. The lowest BCUT2D eigenvalue weighted by Gasteiger charge is -2.24. The number of aldehydes is 1. The molecule has 0 aliphatic heterocycles. The van der Waals surface area contributed by atoms with Gasteiger partial charge in [0, 0.05) is 24.1 Å². The number of aliphatic carboxylic acids is 1. The van der Waals surface area contributed by atoms with Crippen molar-refractivity contribution in [2.75, 3.05) is 5.32 Å². The fourth-order valence-corrected chi connectivity index (χ4v) is 4.77. The molecule has 35 heavy (non-hydrogen) atoms. The molecule has 0 unspecified atom stereocenters. The molecule has 0 fully saturated rings. The van der Waals surface area contributed by atoms with Crippen molar-refractivity contribution in [3.63, 3.8) is 0 Å². The van der Waals surface area contributed by atoms with E-state index in [0.717, 1.165) is 10.9 Å². The molecule has 0 aliphatic carbocycles. The van der Waals surface area contributed by atoms with Gasteiger partial charge < -0.3 is 20.0 Å². The van der Waals surface area contributed by atoms with E-state index in [1.165, 1.54) is 25.1 Å². The molecule has 3 aromatic rings. The quantitative estimate of drug-likeness (QED) is 0.337. The summed E-state index contributed by atoms with van der Waals surface area (Å²) in [6.45, 7) is 4.92. The summed E-state index contributed by atoms with van der Waals surface area (Å²) >= 11 is 0. The normalized spacial score (nSPS) is 14.1. The Morgan fingerprint density at radius 2 is 1.91 bits per heavy atom. The fraction of sp³-hybridized carbons (Fsp3) is 0.304. The number of aromatic nitrogens is 2. The van der Waals surface area contributed by atoms with Gasteiger partial charge in [0.25, 0.3) is 0 Å². The minimum absolute atomic E-state index is 0.0838. The molecule has 11 nitrogen and oxygen atoms in total. The second kappa shape index (κ2) is 10.7. The lowest BCUT2D eigenvalue weighted by atomic mass is 10.2. The van der Waals surface area contributed by atoms with Gasteiger partial charge in [-0.25, -0.2) is 13.1 Å². The molecule has 0 spiro atoms. The van der Waals surface area contributed by atoms with Crippen LogP contribution in [0.2, 0.25) is 0 Å². The topological polar surface area (TPSA) is 157 Å². The molecule has 0 radical (unpaired) electrons. The van der Waals surface area contributed by atoms with E-state index in [0.29, 0.717) is 5.69 Å². The number of anilines is 1.